The highest BCUT2D eigenvalue weighted by Gasteiger charge is 2.49. The first-order chi connectivity index (χ1) is 14.0. The number of carbonyl (C=O) groups excluding carboxylic acids is 2. The minimum absolute atomic E-state index is 0.0124. The van der Waals surface area contributed by atoms with Gasteiger partial charge in [-0.05, 0) is 42.7 Å². The summed E-state index contributed by atoms with van der Waals surface area (Å²) < 4.78 is 18.9. The fraction of sp³-hybridized carbons (Fsp3) is 0.391. The number of fused-ring (bicyclic) bond motifs is 1. The lowest BCUT2D eigenvalue weighted by Gasteiger charge is -2.41. The number of methoxy groups -OCH3 is 1. The fourth-order valence-corrected chi connectivity index (χ4v) is 4.87. The number of nitrogens with zero attached hydrogens (tertiary/aromatic N) is 2. The molecule has 6 heteroatoms. The van der Waals surface area contributed by atoms with Crippen molar-refractivity contribution in [1.82, 2.24) is 9.80 Å². The van der Waals surface area contributed by atoms with Gasteiger partial charge in [-0.25, -0.2) is 4.39 Å². The van der Waals surface area contributed by atoms with Gasteiger partial charge in [-0.2, -0.15) is 0 Å². The summed E-state index contributed by atoms with van der Waals surface area (Å²) in [7, 11) is 1.55. The number of hydrogen-bond donors (Lipinski definition) is 0. The van der Waals surface area contributed by atoms with Crippen LogP contribution in [0.2, 0.25) is 0 Å². The highest BCUT2D eigenvalue weighted by molar-refractivity contribution is 5.97. The Morgan fingerprint density at radius 3 is 2.48 bits per heavy atom. The van der Waals surface area contributed by atoms with Crippen LogP contribution < -0.4 is 4.74 Å². The molecule has 2 aliphatic rings. The zero-order valence-electron chi connectivity index (χ0n) is 16.7. The Balaban J connectivity index is 1.73. The summed E-state index contributed by atoms with van der Waals surface area (Å²) in [6.07, 6.45) is 1.69. The summed E-state index contributed by atoms with van der Waals surface area (Å²) in [5.74, 6) is 0.116. The molecule has 0 saturated carbocycles. The Morgan fingerprint density at radius 1 is 1.07 bits per heavy atom. The van der Waals surface area contributed by atoms with Gasteiger partial charge in [0.2, 0.25) is 5.91 Å². The highest BCUT2D eigenvalue weighted by Crippen LogP contribution is 2.41. The number of likely N-dealkylation sites (tertiary alicyclic amines) is 2. The normalized spacial score (nSPS) is 23.6. The van der Waals surface area contributed by atoms with Crippen molar-refractivity contribution in [2.75, 3.05) is 20.2 Å². The first-order valence-electron chi connectivity index (χ1n) is 9.98. The number of halogens is 1. The van der Waals surface area contributed by atoms with E-state index in [9.17, 15) is 14.0 Å². The van der Waals surface area contributed by atoms with E-state index in [-0.39, 0.29) is 35.6 Å². The molecule has 2 heterocycles. The Bertz CT molecular complexity index is 915. The van der Waals surface area contributed by atoms with Crippen molar-refractivity contribution in [1.29, 1.82) is 0 Å². The van der Waals surface area contributed by atoms with Crippen LogP contribution in [0.25, 0.3) is 0 Å². The van der Waals surface area contributed by atoms with Crippen LogP contribution >= 0.6 is 0 Å². The van der Waals surface area contributed by atoms with E-state index < -0.39 is 0 Å². The molecule has 2 aromatic rings. The van der Waals surface area contributed by atoms with Gasteiger partial charge < -0.3 is 14.5 Å². The second-order valence-electron chi connectivity index (χ2n) is 7.73. The summed E-state index contributed by atoms with van der Waals surface area (Å²) in [5.41, 5.74) is 1.47. The van der Waals surface area contributed by atoms with Crippen molar-refractivity contribution in [3.8, 4) is 5.75 Å². The fourth-order valence-electron chi connectivity index (χ4n) is 4.87. The molecule has 0 aromatic heterocycles. The van der Waals surface area contributed by atoms with E-state index in [0.717, 1.165) is 18.4 Å². The van der Waals surface area contributed by atoms with Crippen LogP contribution in [0, 0.1) is 5.82 Å². The molecule has 2 amide bonds. The molecule has 3 atom stereocenters. The monoisotopic (exact) mass is 396 g/mol. The predicted molar refractivity (Wildman–Crippen MR) is 107 cm³/mol. The molecular weight excluding hydrogens is 371 g/mol. The van der Waals surface area contributed by atoms with Gasteiger partial charge in [0.25, 0.3) is 5.91 Å². The van der Waals surface area contributed by atoms with E-state index in [1.54, 1.807) is 38.3 Å². The third-order valence-corrected chi connectivity index (χ3v) is 6.16. The van der Waals surface area contributed by atoms with Crippen molar-refractivity contribution in [3.63, 3.8) is 0 Å². The van der Waals surface area contributed by atoms with Gasteiger partial charge in [0.15, 0.2) is 0 Å². The van der Waals surface area contributed by atoms with E-state index >= 15 is 0 Å². The van der Waals surface area contributed by atoms with E-state index in [1.807, 2.05) is 21.9 Å². The summed E-state index contributed by atoms with van der Waals surface area (Å²) in [4.78, 5) is 29.6. The van der Waals surface area contributed by atoms with Crippen LogP contribution in [0.15, 0.2) is 48.5 Å². The maximum Gasteiger partial charge on any atom is 0.257 e. The minimum Gasteiger partial charge on any atom is -0.496 e. The number of hydrogen-bond acceptors (Lipinski definition) is 3. The first kappa shape index (κ1) is 19.4. The molecule has 5 nitrogen and oxygen atoms in total. The SMILES string of the molecule is COc1ccccc1C(=O)N1C[C@H](c2ccc(F)cc2)[C@@H]2[C@H]1CCCN2C(C)=O. The quantitative estimate of drug-likeness (QED) is 0.799. The lowest BCUT2D eigenvalue weighted by atomic mass is 9.86. The number of para-hydroxylation sites is 1. The van der Waals surface area contributed by atoms with Crippen LogP contribution in [0.3, 0.4) is 0 Å². The number of rotatable bonds is 3. The summed E-state index contributed by atoms with van der Waals surface area (Å²) in [6, 6.07) is 13.4. The molecule has 152 valence electrons. The molecule has 0 spiro atoms. The Morgan fingerprint density at radius 2 is 1.79 bits per heavy atom. The molecule has 0 unspecified atom stereocenters. The van der Waals surface area contributed by atoms with E-state index in [1.165, 1.54) is 12.1 Å². The first-order valence-corrected chi connectivity index (χ1v) is 9.98. The number of piperidine rings is 1. The van der Waals surface area contributed by atoms with Crippen molar-refractivity contribution in [3.05, 3.63) is 65.5 Å². The molecule has 0 aliphatic carbocycles. The highest BCUT2D eigenvalue weighted by atomic mass is 19.1. The lowest BCUT2D eigenvalue weighted by molar-refractivity contribution is -0.133. The molecule has 29 heavy (non-hydrogen) atoms. The molecule has 0 radical (unpaired) electrons. The minimum atomic E-state index is -0.294. The molecule has 4 rings (SSSR count). The maximum absolute atomic E-state index is 13.5. The van der Waals surface area contributed by atoms with Crippen molar-refractivity contribution < 1.29 is 18.7 Å². The van der Waals surface area contributed by atoms with Gasteiger partial charge in [-0.1, -0.05) is 24.3 Å². The largest absolute Gasteiger partial charge is 0.496 e. The molecule has 0 bridgehead atoms. The number of ether oxygens (including phenoxy) is 1. The zero-order valence-corrected chi connectivity index (χ0v) is 16.7. The number of carbonyl (C=O) groups is 2. The van der Waals surface area contributed by atoms with Gasteiger partial charge in [0, 0.05) is 25.9 Å². The second-order valence-corrected chi connectivity index (χ2v) is 7.73. The Hall–Kier alpha value is -2.89. The van der Waals surface area contributed by atoms with Crippen LogP contribution in [0.1, 0.15) is 41.6 Å². The van der Waals surface area contributed by atoms with Crippen LogP contribution in [-0.2, 0) is 4.79 Å². The zero-order chi connectivity index (χ0) is 20.5. The predicted octanol–water partition coefficient (Wildman–Crippen LogP) is 3.45. The molecular formula is C23H25FN2O3. The molecule has 2 fully saturated rings. The molecule has 0 N–H and O–H groups in total. The number of benzene rings is 2. The molecule has 2 saturated heterocycles. The smallest absolute Gasteiger partial charge is 0.257 e. The van der Waals surface area contributed by atoms with E-state index in [4.69, 9.17) is 4.74 Å². The third kappa shape index (κ3) is 3.48. The van der Waals surface area contributed by atoms with Crippen LogP contribution in [0.5, 0.6) is 5.75 Å². The lowest BCUT2D eigenvalue weighted by Crippen LogP contribution is -2.53. The van der Waals surface area contributed by atoms with E-state index in [2.05, 4.69) is 0 Å². The van der Waals surface area contributed by atoms with Gasteiger partial charge >= 0.3 is 0 Å². The third-order valence-electron chi connectivity index (χ3n) is 6.16. The Labute approximate surface area is 170 Å². The van der Waals surface area contributed by atoms with Crippen LogP contribution in [0.4, 0.5) is 4.39 Å². The average Bonchev–Trinajstić information content (AvgIpc) is 3.13. The van der Waals surface area contributed by atoms with Crippen molar-refractivity contribution in [2.24, 2.45) is 0 Å². The van der Waals surface area contributed by atoms with Gasteiger partial charge in [0.1, 0.15) is 11.6 Å². The van der Waals surface area contributed by atoms with Crippen molar-refractivity contribution in [2.45, 2.75) is 37.8 Å². The topological polar surface area (TPSA) is 49.9 Å². The van der Waals surface area contributed by atoms with E-state index in [0.29, 0.717) is 24.4 Å². The standard InChI is InChI=1S/C23H25FN2O3/c1-15(27)25-13-5-7-20-22(25)19(16-9-11-17(24)12-10-16)14-26(20)23(28)18-6-3-4-8-21(18)29-2/h3-4,6,8-12,19-20,22H,5,7,13-14H2,1-2H3/t19-,20-,22-/m1/s1. The van der Waals surface area contributed by atoms with Gasteiger partial charge in [-0.15, -0.1) is 0 Å². The number of amides is 2. The average molecular weight is 396 g/mol. The summed E-state index contributed by atoms with van der Waals surface area (Å²) >= 11 is 0. The Kier molecular flexibility index (Phi) is 5.26. The maximum atomic E-state index is 13.5. The molecule has 2 aromatic carbocycles. The second kappa shape index (κ2) is 7.85. The van der Waals surface area contributed by atoms with Crippen LogP contribution in [-0.4, -0.2) is 53.9 Å². The van der Waals surface area contributed by atoms with Gasteiger partial charge in [0.05, 0.1) is 24.8 Å². The van der Waals surface area contributed by atoms with Gasteiger partial charge in [-0.3, -0.25) is 9.59 Å². The summed E-state index contributed by atoms with van der Waals surface area (Å²) in [5, 5.41) is 0. The van der Waals surface area contributed by atoms with Crippen molar-refractivity contribution >= 4 is 11.8 Å². The molecule has 2 aliphatic heterocycles. The summed E-state index contributed by atoms with van der Waals surface area (Å²) in [6.45, 7) is 2.75.